The predicted molar refractivity (Wildman–Crippen MR) is 89.3 cm³/mol. The van der Waals surface area contributed by atoms with Crippen LogP contribution in [-0.4, -0.2) is 21.1 Å². The molecule has 0 saturated carbocycles. The first-order chi connectivity index (χ1) is 10.5. The standard InChI is InChI=1S/C16H19N3O2S/c1-4-13(22-16-17-11(3)9-14(20)19-16)15(21)18-12-7-5-6-10(2)8-12/h5-9,13H,4H2,1-3H3,(H,18,21)(H,17,19,20). The number of H-pyrrole nitrogens is 1. The smallest absolute Gasteiger partial charge is 0.251 e. The summed E-state index contributed by atoms with van der Waals surface area (Å²) in [4.78, 5) is 30.8. The first-order valence-electron chi connectivity index (χ1n) is 7.10. The number of hydrogen-bond acceptors (Lipinski definition) is 4. The summed E-state index contributed by atoms with van der Waals surface area (Å²) in [6.45, 7) is 5.66. The van der Waals surface area contributed by atoms with E-state index in [1.54, 1.807) is 6.92 Å². The van der Waals surface area contributed by atoms with Crippen LogP contribution in [0.15, 0.2) is 40.3 Å². The third-order valence-corrected chi connectivity index (χ3v) is 4.30. The molecule has 1 atom stereocenters. The minimum Gasteiger partial charge on any atom is -0.325 e. The fourth-order valence-electron chi connectivity index (χ4n) is 2.01. The van der Waals surface area contributed by atoms with Gasteiger partial charge in [0, 0.05) is 17.4 Å². The summed E-state index contributed by atoms with van der Waals surface area (Å²) in [5.41, 5.74) is 2.29. The van der Waals surface area contributed by atoms with Crippen LogP contribution in [0.3, 0.4) is 0 Å². The Morgan fingerprint density at radius 1 is 1.36 bits per heavy atom. The van der Waals surface area contributed by atoms with E-state index in [1.807, 2.05) is 38.1 Å². The quantitative estimate of drug-likeness (QED) is 0.657. The molecule has 0 radical (unpaired) electrons. The molecule has 116 valence electrons. The minimum atomic E-state index is -0.314. The molecule has 2 aromatic rings. The molecule has 0 aliphatic rings. The van der Waals surface area contributed by atoms with Gasteiger partial charge in [0.2, 0.25) is 5.91 Å². The summed E-state index contributed by atoms with van der Waals surface area (Å²) >= 11 is 1.27. The van der Waals surface area contributed by atoms with E-state index in [0.717, 1.165) is 11.3 Å². The Kier molecular flexibility index (Phi) is 5.38. The van der Waals surface area contributed by atoms with Crippen molar-refractivity contribution in [3.63, 3.8) is 0 Å². The normalized spacial score (nSPS) is 12.0. The predicted octanol–water partition coefficient (Wildman–Crippen LogP) is 2.90. The van der Waals surface area contributed by atoms with Crippen molar-refractivity contribution in [3.05, 3.63) is 51.9 Å². The van der Waals surface area contributed by atoms with E-state index in [9.17, 15) is 9.59 Å². The molecule has 1 heterocycles. The number of rotatable bonds is 5. The number of anilines is 1. The number of aromatic amines is 1. The van der Waals surface area contributed by atoms with Gasteiger partial charge in [-0.1, -0.05) is 30.8 Å². The summed E-state index contributed by atoms with van der Waals surface area (Å²) in [6.07, 6.45) is 0.639. The van der Waals surface area contributed by atoms with Gasteiger partial charge in [-0.25, -0.2) is 4.98 Å². The van der Waals surface area contributed by atoms with Gasteiger partial charge in [0.1, 0.15) is 0 Å². The van der Waals surface area contributed by atoms with Gasteiger partial charge in [0.15, 0.2) is 5.16 Å². The number of benzene rings is 1. The van der Waals surface area contributed by atoms with E-state index in [4.69, 9.17) is 0 Å². The van der Waals surface area contributed by atoms with Gasteiger partial charge in [-0.2, -0.15) is 0 Å². The van der Waals surface area contributed by atoms with Crippen LogP contribution in [0.4, 0.5) is 5.69 Å². The van der Waals surface area contributed by atoms with E-state index >= 15 is 0 Å². The third-order valence-electron chi connectivity index (χ3n) is 3.05. The molecule has 1 unspecified atom stereocenters. The molecule has 0 aliphatic heterocycles. The number of nitrogens with zero attached hydrogens (tertiary/aromatic N) is 1. The molecule has 1 amide bonds. The molecule has 0 spiro atoms. The average Bonchev–Trinajstić information content (AvgIpc) is 2.43. The van der Waals surface area contributed by atoms with Gasteiger partial charge in [-0.05, 0) is 38.0 Å². The lowest BCUT2D eigenvalue weighted by Crippen LogP contribution is -2.25. The highest BCUT2D eigenvalue weighted by Crippen LogP contribution is 2.23. The van der Waals surface area contributed by atoms with E-state index in [-0.39, 0.29) is 16.7 Å². The molecule has 0 saturated heterocycles. The minimum absolute atomic E-state index is 0.0951. The maximum atomic E-state index is 12.4. The zero-order valence-corrected chi connectivity index (χ0v) is 13.7. The van der Waals surface area contributed by atoms with Gasteiger partial charge in [-0.15, -0.1) is 0 Å². The molecule has 0 aliphatic carbocycles. The monoisotopic (exact) mass is 317 g/mol. The molecule has 5 nitrogen and oxygen atoms in total. The summed E-state index contributed by atoms with van der Waals surface area (Å²) in [5.74, 6) is -0.0951. The van der Waals surface area contributed by atoms with Crippen LogP contribution in [0, 0.1) is 13.8 Å². The molecular formula is C16H19N3O2S. The molecule has 0 bridgehead atoms. The Hall–Kier alpha value is -2.08. The zero-order chi connectivity index (χ0) is 16.1. The zero-order valence-electron chi connectivity index (χ0n) is 12.8. The number of aryl methyl sites for hydroxylation is 2. The van der Waals surface area contributed by atoms with Crippen molar-refractivity contribution < 1.29 is 4.79 Å². The van der Waals surface area contributed by atoms with Crippen molar-refractivity contribution in [2.75, 3.05) is 5.32 Å². The van der Waals surface area contributed by atoms with Gasteiger partial charge in [-0.3, -0.25) is 9.59 Å². The highest BCUT2D eigenvalue weighted by atomic mass is 32.2. The van der Waals surface area contributed by atoms with Gasteiger partial charge < -0.3 is 10.3 Å². The Morgan fingerprint density at radius 3 is 2.77 bits per heavy atom. The topological polar surface area (TPSA) is 74.8 Å². The fraction of sp³-hybridized carbons (Fsp3) is 0.312. The van der Waals surface area contributed by atoms with Crippen molar-refractivity contribution >= 4 is 23.4 Å². The molecular weight excluding hydrogens is 298 g/mol. The van der Waals surface area contributed by atoms with Crippen LogP contribution in [-0.2, 0) is 4.79 Å². The summed E-state index contributed by atoms with van der Waals surface area (Å²) in [7, 11) is 0. The molecule has 1 aromatic heterocycles. The van der Waals surface area contributed by atoms with Crippen molar-refractivity contribution in [1.29, 1.82) is 0 Å². The number of carbonyl (C=O) groups is 1. The van der Waals surface area contributed by atoms with Crippen LogP contribution in [0.5, 0.6) is 0 Å². The largest absolute Gasteiger partial charge is 0.325 e. The second-order valence-corrected chi connectivity index (χ2v) is 6.26. The van der Waals surface area contributed by atoms with E-state index < -0.39 is 0 Å². The maximum absolute atomic E-state index is 12.4. The molecule has 2 rings (SSSR count). The SMILES string of the molecule is CCC(Sc1nc(C)cc(=O)[nH]1)C(=O)Nc1cccc(C)c1. The van der Waals surface area contributed by atoms with Crippen molar-refractivity contribution in [2.24, 2.45) is 0 Å². The van der Waals surface area contributed by atoms with Crippen molar-refractivity contribution in [1.82, 2.24) is 9.97 Å². The lowest BCUT2D eigenvalue weighted by Gasteiger charge is -2.14. The van der Waals surface area contributed by atoms with E-state index in [0.29, 0.717) is 17.3 Å². The molecule has 6 heteroatoms. The number of aromatic nitrogens is 2. The second-order valence-electron chi connectivity index (χ2n) is 5.07. The third kappa shape index (κ3) is 4.46. The summed E-state index contributed by atoms with van der Waals surface area (Å²) in [6, 6.07) is 9.08. The molecule has 2 N–H and O–H groups in total. The summed E-state index contributed by atoms with van der Waals surface area (Å²) in [5, 5.41) is 3.06. The lowest BCUT2D eigenvalue weighted by atomic mass is 10.2. The Labute approximate surface area is 133 Å². The second kappa shape index (κ2) is 7.26. The first-order valence-corrected chi connectivity index (χ1v) is 7.98. The van der Waals surface area contributed by atoms with Crippen molar-refractivity contribution in [3.8, 4) is 0 Å². The number of thioether (sulfide) groups is 1. The highest BCUT2D eigenvalue weighted by molar-refractivity contribution is 8.00. The Balaban J connectivity index is 2.10. The van der Waals surface area contributed by atoms with Gasteiger partial charge >= 0.3 is 0 Å². The molecule has 22 heavy (non-hydrogen) atoms. The Bertz CT molecular complexity index is 727. The fourth-order valence-corrected chi connectivity index (χ4v) is 2.97. The molecule has 1 aromatic carbocycles. The highest BCUT2D eigenvalue weighted by Gasteiger charge is 2.19. The number of carbonyl (C=O) groups excluding carboxylic acids is 1. The molecule has 0 fully saturated rings. The number of nitrogens with one attached hydrogen (secondary N) is 2. The van der Waals surface area contributed by atoms with Crippen LogP contribution < -0.4 is 10.9 Å². The lowest BCUT2D eigenvalue weighted by molar-refractivity contribution is -0.115. The van der Waals surface area contributed by atoms with E-state index in [1.165, 1.54) is 17.8 Å². The van der Waals surface area contributed by atoms with Crippen LogP contribution in [0.25, 0.3) is 0 Å². The van der Waals surface area contributed by atoms with Gasteiger partial charge in [0.05, 0.1) is 5.25 Å². The first kappa shape index (κ1) is 16.3. The average molecular weight is 317 g/mol. The maximum Gasteiger partial charge on any atom is 0.251 e. The van der Waals surface area contributed by atoms with Gasteiger partial charge in [0.25, 0.3) is 5.56 Å². The van der Waals surface area contributed by atoms with E-state index in [2.05, 4.69) is 15.3 Å². The number of amides is 1. The Morgan fingerprint density at radius 2 is 2.14 bits per heavy atom. The summed E-state index contributed by atoms with van der Waals surface area (Å²) < 4.78 is 0. The number of hydrogen-bond donors (Lipinski definition) is 2. The van der Waals surface area contributed by atoms with Crippen LogP contribution in [0.1, 0.15) is 24.6 Å². The van der Waals surface area contributed by atoms with Crippen molar-refractivity contribution in [2.45, 2.75) is 37.6 Å². The van der Waals surface area contributed by atoms with Crippen LogP contribution >= 0.6 is 11.8 Å². The van der Waals surface area contributed by atoms with Crippen LogP contribution in [0.2, 0.25) is 0 Å².